The van der Waals surface area contributed by atoms with Gasteiger partial charge in [0.1, 0.15) is 0 Å². The largest absolute Gasteiger partial charge is 0.290 e. The predicted molar refractivity (Wildman–Crippen MR) is 90.8 cm³/mol. The summed E-state index contributed by atoms with van der Waals surface area (Å²) in [6.07, 6.45) is 7.33. The highest BCUT2D eigenvalue weighted by Crippen LogP contribution is 2.39. The topological polar surface area (TPSA) is 17.1 Å². The van der Waals surface area contributed by atoms with Crippen molar-refractivity contribution in [3.63, 3.8) is 0 Å². The molecule has 0 fully saturated rings. The molecule has 0 aliphatic heterocycles. The second-order valence-electron chi connectivity index (χ2n) is 7.94. The summed E-state index contributed by atoms with van der Waals surface area (Å²) in [7, 11) is -3.20. The highest BCUT2D eigenvalue weighted by atomic mass is 28.3. The van der Waals surface area contributed by atoms with E-state index in [9.17, 15) is 4.79 Å². The van der Waals surface area contributed by atoms with E-state index in [1.165, 1.54) is 0 Å². The van der Waals surface area contributed by atoms with E-state index in [-0.39, 0.29) is 5.41 Å². The zero-order chi connectivity index (χ0) is 15.1. The standard InChI is InChI=1S/C16H28OSi2/c1-9-10-16(2)11-13(18(3,4)5)15(17)14(12-16)19(6,7)8/h9,11-12H,1,10H2,2-8H3. The van der Waals surface area contributed by atoms with Gasteiger partial charge >= 0.3 is 0 Å². The highest BCUT2D eigenvalue weighted by Gasteiger charge is 2.39. The molecular formula is C16H28OSi2. The van der Waals surface area contributed by atoms with Gasteiger partial charge in [0.2, 0.25) is 0 Å². The van der Waals surface area contributed by atoms with Crippen LogP contribution < -0.4 is 0 Å². The summed E-state index contributed by atoms with van der Waals surface area (Å²) in [4.78, 5) is 12.8. The third-order valence-corrected chi connectivity index (χ3v) is 7.61. The van der Waals surface area contributed by atoms with Gasteiger partial charge in [0.05, 0.1) is 16.1 Å². The van der Waals surface area contributed by atoms with Crippen molar-refractivity contribution in [3.8, 4) is 0 Å². The normalized spacial score (nSPS) is 19.8. The second-order valence-corrected chi connectivity index (χ2v) is 18.0. The van der Waals surface area contributed by atoms with Gasteiger partial charge in [0, 0.05) is 5.41 Å². The van der Waals surface area contributed by atoms with Crippen LogP contribution in [0.3, 0.4) is 0 Å². The van der Waals surface area contributed by atoms with Crippen molar-refractivity contribution in [2.24, 2.45) is 5.41 Å². The number of hydrogen-bond acceptors (Lipinski definition) is 1. The third-order valence-electron chi connectivity index (χ3n) is 3.64. The van der Waals surface area contributed by atoms with E-state index in [1.807, 2.05) is 6.08 Å². The molecular weight excluding hydrogens is 264 g/mol. The van der Waals surface area contributed by atoms with E-state index in [0.29, 0.717) is 5.78 Å². The zero-order valence-corrected chi connectivity index (χ0v) is 15.6. The molecule has 3 heteroatoms. The highest BCUT2D eigenvalue weighted by molar-refractivity contribution is 6.93. The van der Waals surface area contributed by atoms with Crippen LogP contribution in [0, 0.1) is 5.41 Å². The van der Waals surface area contributed by atoms with Gasteiger partial charge in [0.25, 0.3) is 0 Å². The van der Waals surface area contributed by atoms with Gasteiger partial charge in [-0.3, -0.25) is 4.79 Å². The molecule has 106 valence electrons. The van der Waals surface area contributed by atoms with Crippen LogP contribution in [-0.2, 0) is 4.79 Å². The number of carbonyl (C=O) groups is 1. The molecule has 0 aromatic heterocycles. The van der Waals surface area contributed by atoms with Crippen LogP contribution in [0.15, 0.2) is 35.2 Å². The molecule has 0 radical (unpaired) electrons. The first-order valence-corrected chi connectivity index (χ1v) is 14.0. The molecule has 19 heavy (non-hydrogen) atoms. The molecule has 0 atom stereocenters. The van der Waals surface area contributed by atoms with E-state index in [0.717, 1.165) is 16.8 Å². The van der Waals surface area contributed by atoms with E-state index >= 15 is 0 Å². The Bertz CT molecular complexity index is 422. The molecule has 0 saturated carbocycles. The summed E-state index contributed by atoms with van der Waals surface area (Å²) in [6.45, 7) is 19.7. The Morgan fingerprint density at radius 2 is 1.42 bits per heavy atom. The predicted octanol–water partition coefficient (Wildman–Crippen LogP) is 4.76. The number of hydrogen-bond donors (Lipinski definition) is 0. The monoisotopic (exact) mass is 292 g/mol. The van der Waals surface area contributed by atoms with Crippen molar-refractivity contribution in [1.82, 2.24) is 0 Å². The van der Waals surface area contributed by atoms with Crippen LogP contribution >= 0.6 is 0 Å². The summed E-state index contributed by atoms with van der Waals surface area (Å²) >= 11 is 0. The van der Waals surface area contributed by atoms with Crippen LogP contribution in [0.2, 0.25) is 39.3 Å². The summed E-state index contributed by atoms with van der Waals surface area (Å²) in [5.74, 6) is 0.333. The van der Waals surface area contributed by atoms with Crippen molar-refractivity contribution < 1.29 is 4.79 Å². The van der Waals surface area contributed by atoms with Gasteiger partial charge in [0.15, 0.2) is 5.78 Å². The molecule has 1 nitrogen and oxygen atoms in total. The second kappa shape index (κ2) is 5.02. The SMILES string of the molecule is C=CCC1(C)C=C([Si](C)(C)C)C(=O)C([Si](C)(C)C)=C1. The number of carbonyl (C=O) groups excluding carboxylic acids is 1. The lowest BCUT2D eigenvalue weighted by Crippen LogP contribution is -2.41. The van der Waals surface area contributed by atoms with Crippen molar-refractivity contribution in [3.05, 3.63) is 35.2 Å². The van der Waals surface area contributed by atoms with Gasteiger partial charge in [-0.1, -0.05) is 64.4 Å². The fourth-order valence-electron chi connectivity index (χ4n) is 2.52. The Labute approximate surface area is 120 Å². The molecule has 0 aromatic carbocycles. The minimum Gasteiger partial charge on any atom is -0.290 e. The number of rotatable bonds is 4. The Balaban J connectivity index is 3.42. The lowest BCUT2D eigenvalue weighted by atomic mass is 9.82. The van der Waals surface area contributed by atoms with Gasteiger partial charge in [-0.15, -0.1) is 6.58 Å². The summed E-state index contributed by atoms with van der Waals surface area (Å²) in [6, 6.07) is 0. The number of allylic oxidation sites excluding steroid dienone is 5. The first-order valence-electron chi connectivity index (χ1n) is 7.03. The lowest BCUT2D eigenvalue weighted by molar-refractivity contribution is -0.111. The molecule has 1 rings (SSSR count). The summed E-state index contributed by atoms with van der Waals surface area (Å²) < 4.78 is 0. The molecule has 0 unspecified atom stereocenters. The fourth-order valence-corrected chi connectivity index (χ4v) is 5.80. The Hall–Kier alpha value is -0.676. The quantitative estimate of drug-likeness (QED) is 0.539. The average molecular weight is 293 g/mol. The van der Waals surface area contributed by atoms with Crippen molar-refractivity contribution in [2.75, 3.05) is 0 Å². The molecule has 0 amide bonds. The maximum absolute atomic E-state index is 12.8. The molecule has 1 aliphatic rings. The lowest BCUT2D eigenvalue weighted by Gasteiger charge is -2.36. The first kappa shape index (κ1) is 16.4. The average Bonchev–Trinajstić information content (AvgIpc) is 2.18. The first-order chi connectivity index (χ1) is 8.41. The van der Waals surface area contributed by atoms with E-state index in [2.05, 4.69) is 64.9 Å². The fraction of sp³-hybridized carbons (Fsp3) is 0.562. The summed E-state index contributed by atoms with van der Waals surface area (Å²) in [5, 5.41) is 2.22. The Morgan fingerprint density at radius 3 is 1.68 bits per heavy atom. The Morgan fingerprint density at radius 1 is 1.05 bits per heavy atom. The van der Waals surface area contributed by atoms with Crippen LogP contribution in [0.5, 0.6) is 0 Å². The Kier molecular flexibility index (Phi) is 4.33. The molecule has 0 N–H and O–H groups in total. The molecule has 0 heterocycles. The number of Topliss-reactive ketones (excluding diaryl/α,β-unsaturated/α-hetero) is 1. The van der Waals surface area contributed by atoms with Gasteiger partial charge in [-0.2, -0.15) is 0 Å². The molecule has 0 aromatic rings. The van der Waals surface area contributed by atoms with Crippen LogP contribution in [0.4, 0.5) is 0 Å². The van der Waals surface area contributed by atoms with Crippen molar-refractivity contribution in [1.29, 1.82) is 0 Å². The maximum Gasteiger partial charge on any atom is 0.176 e. The third kappa shape index (κ3) is 3.66. The minimum atomic E-state index is -1.60. The van der Waals surface area contributed by atoms with Gasteiger partial charge < -0.3 is 0 Å². The molecule has 0 bridgehead atoms. The van der Waals surface area contributed by atoms with Crippen LogP contribution in [0.25, 0.3) is 0 Å². The van der Waals surface area contributed by atoms with Gasteiger partial charge in [-0.05, 0) is 16.8 Å². The van der Waals surface area contributed by atoms with Crippen LogP contribution in [-0.4, -0.2) is 21.9 Å². The van der Waals surface area contributed by atoms with E-state index < -0.39 is 16.1 Å². The minimum absolute atomic E-state index is 0.0269. The van der Waals surface area contributed by atoms with E-state index in [4.69, 9.17) is 0 Å². The van der Waals surface area contributed by atoms with Crippen molar-refractivity contribution >= 4 is 21.9 Å². The smallest absolute Gasteiger partial charge is 0.176 e. The van der Waals surface area contributed by atoms with E-state index in [1.54, 1.807) is 0 Å². The van der Waals surface area contributed by atoms with Gasteiger partial charge in [-0.25, -0.2) is 0 Å². The van der Waals surface area contributed by atoms with Crippen molar-refractivity contribution in [2.45, 2.75) is 52.6 Å². The molecule has 1 aliphatic carbocycles. The summed E-state index contributed by atoms with van der Waals surface area (Å²) in [5.41, 5.74) is -0.0269. The molecule has 0 saturated heterocycles. The zero-order valence-electron chi connectivity index (χ0n) is 13.6. The van der Waals surface area contributed by atoms with Crippen LogP contribution in [0.1, 0.15) is 13.3 Å². The number of ketones is 1. The maximum atomic E-state index is 12.8. The molecule has 0 spiro atoms.